The van der Waals surface area contributed by atoms with Crippen molar-refractivity contribution in [3.05, 3.63) is 30.3 Å². The van der Waals surface area contributed by atoms with Crippen molar-refractivity contribution in [3.8, 4) is 0 Å². The average Bonchev–Trinajstić information content (AvgIpc) is 3.50. The molecule has 0 spiro atoms. The average molecular weight is 346 g/mol. The van der Waals surface area contributed by atoms with Gasteiger partial charge in [0.05, 0.1) is 6.61 Å². The summed E-state index contributed by atoms with van der Waals surface area (Å²) in [5.74, 6) is 0. The summed E-state index contributed by atoms with van der Waals surface area (Å²) in [6.45, 7) is 7.33. The van der Waals surface area contributed by atoms with Crippen LogP contribution >= 0.6 is 0 Å². The number of carbonyl (C=O) groups is 1. The van der Waals surface area contributed by atoms with Crippen LogP contribution in [0.1, 0.15) is 19.8 Å². The van der Waals surface area contributed by atoms with Gasteiger partial charge in [0.25, 0.3) is 0 Å². The zero-order valence-electron chi connectivity index (χ0n) is 15.1. The van der Waals surface area contributed by atoms with Gasteiger partial charge in [0.2, 0.25) is 0 Å². The number of hydrogen-bond acceptors (Lipinski definition) is 4. The minimum Gasteiger partial charge on any atom is -0.395 e. The molecule has 3 rings (SSSR count). The normalized spacial score (nSPS) is 19.5. The lowest BCUT2D eigenvalue weighted by molar-refractivity contribution is 0.163. The number of piperazine rings is 1. The minimum atomic E-state index is -0.0358. The number of amides is 2. The first-order chi connectivity index (χ1) is 12.2. The predicted molar refractivity (Wildman–Crippen MR) is 99.9 cm³/mol. The third-order valence-electron chi connectivity index (χ3n) is 5.20. The number of aliphatic hydroxyl groups excluding tert-OH is 1. The van der Waals surface area contributed by atoms with E-state index in [-0.39, 0.29) is 12.6 Å². The second-order valence-corrected chi connectivity index (χ2v) is 7.04. The highest BCUT2D eigenvalue weighted by molar-refractivity contribution is 5.75. The summed E-state index contributed by atoms with van der Waals surface area (Å²) in [5.41, 5.74) is 1.28. The van der Waals surface area contributed by atoms with Gasteiger partial charge in [-0.3, -0.25) is 4.90 Å². The van der Waals surface area contributed by atoms with E-state index in [0.717, 1.165) is 39.0 Å². The fourth-order valence-corrected chi connectivity index (χ4v) is 3.47. The number of urea groups is 1. The summed E-state index contributed by atoms with van der Waals surface area (Å²) in [4.78, 5) is 18.9. The van der Waals surface area contributed by atoms with Crippen LogP contribution in [0.15, 0.2) is 30.3 Å². The van der Waals surface area contributed by atoms with Crippen molar-refractivity contribution < 1.29 is 9.90 Å². The van der Waals surface area contributed by atoms with Gasteiger partial charge in [0, 0.05) is 57.0 Å². The number of nitrogens with zero attached hydrogens (tertiary/aromatic N) is 3. The molecule has 1 unspecified atom stereocenters. The molecule has 1 heterocycles. The lowest BCUT2D eigenvalue weighted by Crippen LogP contribution is -2.53. The standard InChI is InChI=1S/C19H30N4O2/c1-16(15-20-19(25)23(13-14-24)18-7-8-18)21-9-11-22(12-10-21)17-5-3-2-4-6-17/h2-6,16,18,24H,7-15H2,1H3,(H,20,25). The molecule has 0 radical (unpaired) electrons. The van der Waals surface area contributed by atoms with Crippen molar-refractivity contribution in [1.82, 2.24) is 15.1 Å². The monoisotopic (exact) mass is 346 g/mol. The summed E-state index contributed by atoms with van der Waals surface area (Å²) < 4.78 is 0. The van der Waals surface area contributed by atoms with Gasteiger partial charge >= 0.3 is 6.03 Å². The van der Waals surface area contributed by atoms with Crippen molar-refractivity contribution in [1.29, 1.82) is 0 Å². The van der Waals surface area contributed by atoms with Crippen LogP contribution in [0.25, 0.3) is 0 Å². The van der Waals surface area contributed by atoms with Crippen molar-refractivity contribution in [2.24, 2.45) is 0 Å². The number of carbonyl (C=O) groups excluding carboxylic acids is 1. The van der Waals surface area contributed by atoms with E-state index in [4.69, 9.17) is 5.11 Å². The van der Waals surface area contributed by atoms with Gasteiger partial charge in [-0.25, -0.2) is 4.79 Å². The smallest absolute Gasteiger partial charge is 0.317 e. The molecule has 1 aromatic carbocycles. The number of hydrogen-bond donors (Lipinski definition) is 2. The SMILES string of the molecule is CC(CNC(=O)N(CCO)C1CC1)N1CCN(c2ccccc2)CC1. The van der Waals surface area contributed by atoms with Crippen molar-refractivity contribution >= 4 is 11.7 Å². The Morgan fingerprint density at radius 2 is 1.92 bits per heavy atom. The van der Waals surface area contributed by atoms with Crippen molar-refractivity contribution in [2.75, 3.05) is 50.8 Å². The molecular formula is C19H30N4O2. The van der Waals surface area contributed by atoms with Crippen LogP contribution < -0.4 is 10.2 Å². The van der Waals surface area contributed by atoms with E-state index in [2.05, 4.69) is 46.3 Å². The molecule has 6 nitrogen and oxygen atoms in total. The largest absolute Gasteiger partial charge is 0.395 e. The van der Waals surface area contributed by atoms with Crippen LogP contribution in [0.2, 0.25) is 0 Å². The Labute approximate surface area is 150 Å². The quantitative estimate of drug-likeness (QED) is 0.783. The number of anilines is 1. The Morgan fingerprint density at radius 1 is 1.24 bits per heavy atom. The Bertz CT molecular complexity index is 542. The van der Waals surface area contributed by atoms with Gasteiger partial charge in [-0.1, -0.05) is 18.2 Å². The fraction of sp³-hybridized carbons (Fsp3) is 0.632. The molecule has 2 fully saturated rings. The maximum absolute atomic E-state index is 12.3. The molecule has 138 valence electrons. The number of nitrogens with one attached hydrogen (secondary N) is 1. The number of rotatable bonds is 7. The van der Waals surface area contributed by atoms with Crippen molar-refractivity contribution in [3.63, 3.8) is 0 Å². The molecule has 0 aromatic heterocycles. The third-order valence-corrected chi connectivity index (χ3v) is 5.20. The molecule has 2 aliphatic rings. The van der Waals surface area contributed by atoms with Gasteiger partial charge in [-0.2, -0.15) is 0 Å². The Kier molecular flexibility index (Phi) is 6.15. The van der Waals surface area contributed by atoms with Gasteiger partial charge < -0.3 is 20.2 Å². The summed E-state index contributed by atoms with van der Waals surface area (Å²) in [7, 11) is 0. The second kappa shape index (κ2) is 8.54. The van der Waals surface area contributed by atoms with Gasteiger partial charge in [0.15, 0.2) is 0 Å². The van der Waals surface area contributed by atoms with Crippen LogP contribution in [-0.4, -0.2) is 78.9 Å². The zero-order valence-corrected chi connectivity index (χ0v) is 15.1. The predicted octanol–water partition coefficient (Wildman–Crippen LogP) is 1.36. The van der Waals surface area contributed by atoms with Crippen LogP contribution in [0.3, 0.4) is 0 Å². The summed E-state index contributed by atoms with van der Waals surface area (Å²) >= 11 is 0. The first kappa shape index (κ1) is 18.0. The zero-order chi connectivity index (χ0) is 17.6. The Morgan fingerprint density at radius 3 is 2.52 bits per heavy atom. The van der Waals surface area contributed by atoms with Crippen LogP contribution in [0, 0.1) is 0 Å². The number of aliphatic hydroxyl groups is 1. The maximum Gasteiger partial charge on any atom is 0.317 e. The molecule has 6 heteroatoms. The highest BCUT2D eigenvalue weighted by Crippen LogP contribution is 2.26. The molecule has 25 heavy (non-hydrogen) atoms. The molecule has 1 saturated heterocycles. The molecule has 1 aliphatic carbocycles. The topological polar surface area (TPSA) is 59.1 Å². The number of para-hydroxylation sites is 1. The lowest BCUT2D eigenvalue weighted by Gasteiger charge is -2.39. The molecular weight excluding hydrogens is 316 g/mol. The Hall–Kier alpha value is -1.79. The van der Waals surface area contributed by atoms with Crippen LogP contribution in [0.5, 0.6) is 0 Å². The molecule has 0 bridgehead atoms. The van der Waals surface area contributed by atoms with E-state index in [1.54, 1.807) is 4.90 Å². The second-order valence-electron chi connectivity index (χ2n) is 7.04. The highest BCUT2D eigenvalue weighted by Gasteiger charge is 2.32. The van der Waals surface area contributed by atoms with Gasteiger partial charge in [-0.15, -0.1) is 0 Å². The fourth-order valence-electron chi connectivity index (χ4n) is 3.47. The Balaban J connectivity index is 1.42. The van der Waals surface area contributed by atoms with Crippen LogP contribution in [-0.2, 0) is 0 Å². The van der Waals surface area contributed by atoms with E-state index in [1.807, 2.05) is 6.07 Å². The number of benzene rings is 1. The first-order valence-corrected chi connectivity index (χ1v) is 9.38. The van der Waals surface area contributed by atoms with E-state index in [9.17, 15) is 4.79 Å². The third kappa shape index (κ3) is 4.86. The summed E-state index contributed by atoms with van der Waals surface area (Å²) in [5, 5.41) is 12.2. The summed E-state index contributed by atoms with van der Waals surface area (Å²) in [6, 6.07) is 11.1. The van der Waals surface area contributed by atoms with E-state index < -0.39 is 0 Å². The highest BCUT2D eigenvalue weighted by atomic mass is 16.3. The molecule has 2 amide bonds. The molecule has 1 aromatic rings. The van der Waals surface area contributed by atoms with Crippen LogP contribution in [0.4, 0.5) is 10.5 Å². The maximum atomic E-state index is 12.3. The molecule has 2 N–H and O–H groups in total. The van der Waals surface area contributed by atoms with E-state index in [0.29, 0.717) is 25.2 Å². The molecule has 1 aliphatic heterocycles. The van der Waals surface area contributed by atoms with E-state index >= 15 is 0 Å². The summed E-state index contributed by atoms with van der Waals surface area (Å²) in [6.07, 6.45) is 2.12. The lowest BCUT2D eigenvalue weighted by atomic mass is 10.2. The van der Waals surface area contributed by atoms with E-state index in [1.165, 1.54) is 5.69 Å². The van der Waals surface area contributed by atoms with Gasteiger partial charge in [0.1, 0.15) is 0 Å². The minimum absolute atomic E-state index is 0.0287. The van der Waals surface area contributed by atoms with Crippen molar-refractivity contribution in [2.45, 2.75) is 31.8 Å². The molecule has 1 saturated carbocycles. The van der Waals surface area contributed by atoms with Gasteiger partial charge in [-0.05, 0) is 31.9 Å². The molecule has 1 atom stereocenters. The first-order valence-electron chi connectivity index (χ1n) is 9.38.